The molecule has 0 heterocycles. The monoisotopic (exact) mass is 383 g/mol. The quantitative estimate of drug-likeness (QED) is 0.847. The first kappa shape index (κ1) is 14.1. The van der Waals surface area contributed by atoms with Crippen molar-refractivity contribution < 1.29 is 9.53 Å². The summed E-state index contributed by atoms with van der Waals surface area (Å²) in [5.41, 5.74) is 1.31. The molecule has 0 saturated carbocycles. The van der Waals surface area contributed by atoms with Crippen molar-refractivity contribution in [2.75, 3.05) is 12.4 Å². The van der Waals surface area contributed by atoms with Gasteiger partial charge >= 0.3 is 0 Å². The summed E-state index contributed by atoms with van der Waals surface area (Å²) in [6, 6.07) is 12.5. The molecule has 1 N–H and O–H groups in total. The van der Waals surface area contributed by atoms with Crippen LogP contribution in [0.15, 0.2) is 51.4 Å². The molecule has 0 spiro atoms. The second kappa shape index (κ2) is 6.21. The first-order valence-corrected chi connectivity index (χ1v) is 7.09. The van der Waals surface area contributed by atoms with Gasteiger partial charge in [-0.25, -0.2) is 0 Å². The standard InChI is InChI=1S/C14H11Br2NO2/c1-19-11-5-2-9(3-6-11)14(18)17-13-7-4-10(15)8-12(13)16/h2-8H,1H3,(H,17,18). The van der Waals surface area contributed by atoms with Crippen molar-refractivity contribution in [2.45, 2.75) is 0 Å². The molecule has 0 aliphatic heterocycles. The molecule has 0 unspecified atom stereocenters. The molecular formula is C14H11Br2NO2. The molecule has 2 aromatic rings. The van der Waals surface area contributed by atoms with E-state index >= 15 is 0 Å². The van der Waals surface area contributed by atoms with Gasteiger partial charge in [0, 0.05) is 14.5 Å². The largest absolute Gasteiger partial charge is 0.497 e. The smallest absolute Gasteiger partial charge is 0.255 e. The van der Waals surface area contributed by atoms with Gasteiger partial charge in [-0.15, -0.1) is 0 Å². The summed E-state index contributed by atoms with van der Waals surface area (Å²) in [7, 11) is 1.59. The summed E-state index contributed by atoms with van der Waals surface area (Å²) in [6.07, 6.45) is 0. The minimum absolute atomic E-state index is 0.161. The number of carbonyl (C=O) groups is 1. The zero-order chi connectivity index (χ0) is 13.8. The van der Waals surface area contributed by atoms with E-state index in [9.17, 15) is 4.79 Å². The van der Waals surface area contributed by atoms with Gasteiger partial charge in [-0.2, -0.15) is 0 Å². The molecule has 0 saturated heterocycles. The van der Waals surface area contributed by atoms with Gasteiger partial charge in [-0.1, -0.05) is 15.9 Å². The summed E-state index contributed by atoms with van der Waals surface area (Å²) in [5.74, 6) is 0.562. The van der Waals surface area contributed by atoms with Gasteiger partial charge in [0.05, 0.1) is 12.8 Å². The highest BCUT2D eigenvalue weighted by molar-refractivity contribution is 9.11. The molecule has 0 aromatic heterocycles. The maximum Gasteiger partial charge on any atom is 0.255 e. The molecule has 5 heteroatoms. The van der Waals surface area contributed by atoms with Crippen molar-refractivity contribution in [3.05, 3.63) is 57.0 Å². The van der Waals surface area contributed by atoms with E-state index in [0.29, 0.717) is 5.56 Å². The summed E-state index contributed by atoms with van der Waals surface area (Å²) in [4.78, 5) is 12.1. The molecule has 19 heavy (non-hydrogen) atoms. The third-order valence-corrected chi connectivity index (χ3v) is 3.68. The SMILES string of the molecule is COc1ccc(C(=O)Nc2ccc(Br)cc2Br)cc1. The number of methoxy groups -OCH3 is 1. The van der Waals surface area contributed by atoms with Crippen molar-refractivity contribution >= 4 is 43.5 Å². The van der Waals surface area contributed by atoms with Crippen LogP contribution in [0.2, 0.25) is 0 Å². The minimum Gasteiger partial charge on any atom is -0.497 e. The molecule has 1 amide bonds. The van der Waals surface area contributed by atoms with Crippen LogP contribution >= 0.6 is 31.9 Å². The number of rotatable bonds is 3. The Bertz CT molecular complexity index is 597. The zero-order valence-electron chi connectivity index (χ0n) is 10.1. The molecule has 0 aliphatic carbocycles. The van der Waals surface area contributed by atoms with Crippen LogP contribution in [0.3, 0.4) is 0 Å². The average Bonchev–Trinajstić information content (AvgIpc) is 2.42. The van der Waals surface area contributed by atoms with Crippen LogP contribution < -0.4 is 10.1 Å². The lowest BCUT2D eigenvalue weighted by atomic mass is 10.2. The molecule has 98 valence electrons. The van der Waals surface area contributed by atoms with E-state index < -0.39 is 0 Å². The van der Waals surface area contributed by atoms with E-state index in [4.69, 9.17) is 4.74 Å². The van der Waals surface area contributed by atoms with E-state index in [2.05, 4.69) is 37.2 Å². The number of carbonyl (C=O) groups excluding carboxylic acids is 1. The van der Waals surface area contributed by atoms with Crippen LogP contribution in [0.5, 0.6) is 5.75 Å². The number of benzene rings is 2. The van der Waals surface area contributed by atoms with Crippen molar-refractivity contribution in [1.29, 1.82) is 0 Å². The van der Waals surface area contributed by atoms with Crippen LogP contribution in [0.25, 0.3) is 0 Å². The topological polar surface area (TPSA) is 38.3 Å². The Morgan fingerprint density at radius 1 is 1.11 bits per heavy atom. The second-order valence-corrected chi connectivity index (χ2v) is 5.58. The Kier molecular flexibility index (Phi) is 4.61. The van der Waals surface area contributed by atoms with Crippen molar-refractivity contribution in [3.63, 3.8) is 0 Å². The highest BCUT2D eigenvalue weighted by Gasteiger charge is 2.08. The van der Waals surface area contributed by atoms with Gasteiger partial charge in [-0.3, -0.25) is 4.79 Å². The minimum atomic E-state index is -0.161. The van der Waals surface area contributed by atoms with Gasteiger partial charge in [0.1, 0.15) is 5.75 Å². The Hall–Kier alpha value is -1.33. The lowest BCUT2D eigenvalue weighted by Gasteiger charge is -2.08. The van der Waals surface area contributed by atoms with Crippen LogP contribution in [0, 0.1) is 0 Å². The lowest BCUT2D eigenvalue weighted by Crippen LogP contribution is -2.12. The van der Waals surface area contributed by atoms with Crippen molar-refractivity contribution in [1.82, 2.24) is 0 Å². The Morgan fingerprint density at radius 3 is 2.37 bits per heavy atom. The fourth-order valence-corrected chi connectivity index (χ4v) is 2.67. The van der Waals surface area contributed by atoms with E-state index in [1.54, 1.807) is 31.4 Å². The average molecular weight is 385 g/mol. The molecule has 0 radical (unpaired) electrons. The van der Waals surface area contributed by atoms with Gasteiger partial charge in [-0.05, 0) is 58.4 Å². The number of amides is 1. The summed E-state index contributed by atoms with van der Waals surface area (Å²) < 4.78 is 6.82. The molecule has 3 nitrogen and oxygen atoms in total. The van der Waals surface area contributed by atoms with E-state index in [1.807, 2.05) is 18.2 Å². The van der Waals surface area contributed by atoms with Crippen LogP contribution in [-0.4, -0.2) is 13.0 Å². The third kappa shape index (κ3) is 3.58. The normalized spacial score (nSPS) is 10.1. The van der Waals surface area contributed by atoms with Crippen LogP contribution in [0.1, 0.15) is 10.4 Å². The molecule has 2 rings (SSSR count). The van der Waals surface area contributed by atoms with Gasteiger partial charge in [0.15, 0.2) is 0 Å². The fraction of sp³-hybridized carbons (Fsp3) is 0.0714. The zero-order valence-corrected chi connectivity index (χ0v) is 13.3. The van der Waals surface area contributed by atoms with E-state index in [1.165, 1.54) is 0 Å². The van der Waals surface area contributed by atoms with Gasteiger partial charge in [0.25, 0.3) is 5.91 Å². The predicted octanol–water partition coefficient (Wildman–Crippen LogP) is 4.47. The first-order chi connectivity index (χ1) is 9.10. The Morgan fingerprint density at radius 2 is 1.79 bits per heavy atom. The molecule has 0 aliphatic rings. The fourth-order valence-electron chi connectivity index (χ4n) is 1.53. The maximum absolute atomic E-state index is 12.1. The summed E-state index contributed by atoms with van der Waals surface area (Å²) in [5, 5.41) is 2.84. The number of anilines is 1. The predicted molar refractivity (Wildman–Crippen MR) is 82.8 cm³/mol. The van der Waals surface area contributed by atoms with Crippen LogP contribution in [-0.2, 0) is 0 Å². The molecule has 0 bridgehead atoms. The number of ether oxygens (including phenoxy) is 1. The third-order valence-electron chi connectivity index (χ3n) is 2.53. The molecule has 0 fully saturated rings. The number of halogens is 2. The summed E-state index contributed by atoms with van der Waals surface area (Å²) in [6.45, 7) is 0. The Labute approximate surface area is 128 Å². The van der Waals surface area contributed by atoms with Gasteiger partial charge in [0.2, 0.25) is 0 Å². The highest BCUT2D eigenvalue weighted by Crippen LogP contribution is 2.26. The number of nitrogens with one attached hydrogen (secondary N) is 1. The molecule has 2 aromatic carbocycles. The maximum atomic E-state index is 12.1. The number of hydrogen-bond donors (Lipinski definition) is 1. The van der Waals surface area contributed by atoms with E-state index in [0.717, 1.165) is 20.4 Å². The highest BCUT2D eigenvalue weighted by atomic mass is 79.9. The lowest BCUT2D eigenvalue weighted by molar-refractivity contribution is 0.102. The van der Waals surface area contributed by atoms with Crippen molar-refractivity contribution in [3.8, 4) is 5.75 Å². The second-order valence-electron chi connectivity index (χ2n) is 3.81. The Balaban J connectivity index is 2.15. The van der Waals surface area contributed by atoms with Crippen molar-refractivity contribution in [2.24, 2.45) is 0 Å². The number of hydrogen-bond acceptors (Lipinski definition) is 2. The summed E-state index contributed by atoms with van der Waals surface area (Å²) >= 11 is 6.77. The van der Waals surface area contributed by atoms with E-state index in [-0.39, 0.29) is 5.91 Å². The van der Waals surface area contributed by atoms with Crippen LogP contribution in [0.4, 0.5) is 5.69 Å². The molecule has 0 atom stereocenters. The molecular weight excluding hydrogens is 374 g/mol. The van der Waals surface area contributed by atoms with Gasteiger partial charge < -0.3 is 10.1 Å². The first-order valence-electron chi connectivity index (χ1n) is 5.50.